The number of aliphatic hydroxyl groups excluding tert-OH is 1. The van der Waals surface area contributed by atoms with Gasteiger partial charge in [0.05, 0.1) is 6.10 Å². The van der Waals surface area contributed by atoms with E-state index in [-0.39, 0.29) is 18.3 Å². The highest BCUT2D eigenvalue weighted by Gasteiger charge is 2.07. The lowest BCUT2D eigenvalue weighted by atomic mass is 10.1. The van der Waals surface area contributed by atoms with Crippen molar-refractivity contribution in [2.75, 3.05) is 6.54 Å². The molecule has 0 aliphatic heterocycles. The maximum Gasteiger partial charge on any atom is 0.243 e. The molecule has 0 aliphatic rings. The third-order valence-electron chi connectivity index (χ3n) is 1.91. The van der Waals surface area contributed by atoms with Crippen LogP contribution < -0.4 is 5.32 Å². The summed E-state index contributed by atoms with van der Waals surface area (Å²) in [6, 6.07) is 5.46. The summed E-state index contributed by atoms with van der Waals surface area (Å²) < 4.78 is 12.6. The topological polar surface area (TPSA) is 49.3 Å². The lowest BCUT2D eigenvalue weighted by Gasteiger charge is -2.10. The first kappa shape index (κ1) is 11.4. The zero-order valence-electron chi connectivity index (χ0n) is 8.11. The Kier molecular flexibility index (Phi) is 4.00. The summed E-state index contributed by atoms with van der Waals surface area (Å²) >= 11 is 0. The van der Waals surface area contributed by atoms with E-state index < -0.39 is 6.10 Å². The first-order chi connectivity index (χ1) is 7.13. The number of nitrogens with one attached hydrogen (secondary N) is 1. The van der Waals surface area contributed by atoms with Gasteiger partial charge in [0.15, 0.2) is 0 Å². The molecule has 0 unspecified atom stereocenters. The second-order valence-electron chi connectivity index (χ2n) is 3.02. The number of benzene rings is 1. The van der Waals surface area contributed by atoms with E-state index in [1.165, 1.54) is 24.3 Å². The van der Waals surface area contributed by atoms with Gasteiger partial charge in [-0.15, -0.1) is 0 Å². The number of rotatable bonds is 4. The van der Waals surface area contributed by atoms with E-state index in [0.717, 1.165) is 6.08 Å². The summed E-state index contributed by atoms with van der Waals surface area (Å²) in [6.45, 7) is 3.36. The molecule has 1 aromatic rings. The van der Waals surface area contributed by atoms with Crippen LogP contribution in [0.25, 0.3) is 0 Å². The molecule has 0 aromatic heterocycles. The Morgan fingerprint density at radius 3 is 2.67 bits per heavy atom. The zero-order chi connectivity index (χ0) is 11.3. The van der Waals surface area contributed by atoms with Crippen LogP contribution in [0.4, 0.5) is 4.39 Å². The van der Waals surface area contributed by atoms with Crippen LogP contribution in [-0.2, 0) is 4.79 Å². The van der Waals surface area contributed by atoms with E-state index in [0.29, 0.717) is 5.56 Å². The Balaban J connectivity index is 2.53. The van der Waals surface area contributed by atoms with Crippen LogP contribution in [0.5, 0.6) is 0 Å². The number of hydrogen-bond acceptors (Lipinski definition) is 2. The quantitative estimate of drug-likeness (QED) is 0.731. The molecule has 0 saturated carbocycles. The molecule has 2 N–H and O–H groups in total. The molecule has 1 atom stereocenters. The number of carbonyl (C=O) groups is 1. The van der Waals surface area contributed by atoms with Crippen LogP contribution in [0, 0.1) is 5.82 Å². The Labute approximate surface area is 87.2 Å². The van der Waals surface area contributed by atoms with Gasteiger partial charge in [0, 0.05) is 6.54 Å². The molecule has 0 aliphatic carbocycles. The van der Waals surface area contributed by atoms with Crippen molar-refractivity contribution in [3.8, 4) is 0 Å². The van der Waals surface area contributed by atoms with E-state index >= 15 is 0 Å². The third-order valence-corrected chi connectivity index (χ3v) is 1.91. The molecular formula is C11H12FNO2. The second kappa shape index (κ2) is 5.26. The van der Waals surface area contributed by atoms with Gasteiger partial charge in [-0.05, 0) is 23.8 Å². The summed E-state index contributed by atoms with van der Waals surface area (Å²) in [4.78, 5) is 10.8. The van der Waals surface area contributed by atoms with Gasteiger partial charge in [-0.1, -0.05) is 18.7 Å². The molecule has 4 heteroatoms. The monoisotopic (exact) mass is 209 g/mol. The standard InChI is InChI=1S/C11H12FNO2/c1-2-11(15)13-7-10(14)8-3-5-9(12)6-4-8/h2-6,10,14H,1,7H2,(H,13,15)/t10-/m0/s1. The highest BCUT2D eigenvalue weighted by atomic mass is 19.1. The number of halogens is 1. The van der Waals surface area contributed by atoms with Crippen molar-refractivity contribution in [2.24, 2.45) is 0 Å². The Bertz CT molecular complexity index is 348. The SMILES string of the molecule is C=CC(=O)NC[C@H](O)c1ccc(F)cc1. The summed E-state index contributed by atoms with van der Waals surface area (Å²) in [5.74, 6) is -0.711. The van der Waals surface area contributed by atoms with Crippen LogP contribution in [-0.4, -0.2) is 17.6 Å². The van der Waals surface area contributed by atoms with E-state index in [4.69, 9.17) is 0 Å². The average molecular weight is 209 g/mol. The summed E-state index contributed by atoms with van der Waals surface area (Å²) in [7, 11) is 0. The van der Waals surface area contributed by atoms with E-state index in [9.17, 15) is 14.3 Å². The average Bonchev–Trinajstić information content (AvgIpc) is 2.26. The zero-order valence-corrected chi connectivity index (χ0v) is 8.11. The fourth-order valence-electron chi connectivity index (χ4n) is 1.07. The molecular weight excluding hydrogens is 197 g/mol. The Morgan fingerprint density at radius 1 is 1.53 bits per heavy atom. The molecule has 0 bridgehead atoms. The first-order valence-electron chi connectivity index (χ1n) is 4.47. The normalized spacial score (nSPS) is 11.9. The van der Waals surface area contributed by atoms with Gasteiger partial charge < -0.3 is 10.4 Å². The van der Waals surface area contributed by atoms with Crippen LogP contribution in [0.15, 0.2) is 36.9 Å². The van der Waals surface area contributed by atoms with Crippen molar-refractivity contribution in [1.82, 2.24) is 5.32 Å². The highest BCUT2D eigenvalue weighted by molar-refractivity contribution is 5.86. The van der Waals surface area contributed by atoms with Gasteiger partial charge in [-0.25, -0.2) is 4.39 Å². The molecule has 0 radical (unpaired) electrons. The van der Waals surface area contributed by atoms with Crippen molar-refractivity contribution in [3.05, 3.63) is 48.3 Å². The van der Waals surface area contributed by atoms with Gasteiger partial charge in [0.1, 0.15) is 5.82 Å². The minimum atomic E-state index is -0.838. The van der Waals surface area contributed by atoms with Gasteiger partial charge in [0.2, 0.25) is 5.91 Å². The Hall–Kier alpha value is -1.68. The maximum absolute atomic E-state index is 12.6. The maximum atomic E-state index is 12.6. The van der Waals surface area contributed by atoms with Gasteiger partial charge >= 0.3 is 0 Å². The predicted octanol–water partition coefficient (Wildman–Crippen LogP) is 1.16. The molecule has 1 amide bonds. The van der Waals surface area contributed by atoms with Crippen molar-refractivity contribution < 1.29 is 14.3 Å². The molecule has 15 heavy (non-hydrogen) atoms. The van der Waals surface area contributed by atoms with Crippen molar-refractivity contribution in [1.29, 1.82) is 0 Å². The molecule has 0 saturated heterocycles. The first-order valence-corrected chi connectivity index (χ1v) is 4.47. The molecule has 80 valence electrons. The van der Waals surface area contributed by atoms with Gasteiger partial charge in [-0.3, -0.25) is 4.79 Å². The molecule has 3 nitrogen and oxygen atoms in total. The Morgan fingerprint density at radius 2 is 2.13 bits per heavy atom. The summed E-state index contributed by atoms with van der Waals surface area (Å²) in [5, 5.41) is 12.0. The van der Waals surface area contributed by atoms with Gasteiger partial charge in [0.25, 0.3) is 0 Å². The molecule has 1 aromatic carbocycles. The number of carbonyl (C=O) groups excluding carboxylic acids is 1. The predicted molar refractivity (Wildman–Crippen MR) is 54.6 cm³/mol. The van der Waals surface area contributed by atoms with Crippen molar-refractivity contribution >= 4 is 5.91 Å². The molecule has 0 spiro atoms. The molecule has 0 fully saturated rings. The van der Waals surface area contributed by atoms with Crippen molar-refractivity contribution in [2.45, 2.75) is 6.10 Å². The smallest absolute Gasteiger partial charge is 0.243 e. The van der Waals surface area contributed by atoms with Crippen molar-refractivity contribution in [3.63, 3.8) is 0 Å². The fraction of sp³-hybridized carbons (Fsp3) is 0.182. The lowest BCUT2D eigenvalue weighted by molar-refractivity contribution is -0.116. The molecule has 0 heterocycles. The highest BCUT2D eigenvalue weighted by Crippen LogP contribution is 2.12. The second-order valence-corrected chi connectivity index (χ2v) is 3.02. The number of aliphatic hydroxyl groups is 1. The number of amides is 1. The van der Waals surface area contributed by atoms with E-state index in [1.807, 2.05) is 0 Å². The number of hydrogen-bond donors (Lipinski definition) is 2. The van der Waals surface area contributed by atoms with E-state index in [2.05, 4.69) is 11.9 Å². The summed E-state index contributed by atoms with van der Waals surface area (Å²) in [5.41, 5.74) is 0.556. The van der Waals surface area contributed by atoms with Crippen LogP contribution in [0.2, 0.25) is 0 Å². The van der Waals surface area contributed by atoms with Crippen LogP contribution in [0.1, 0.15) is 11.7 Å². The molecule has 1 rings (SSSR count). The largest absolute Gasteiger partial charge is 0.387 e. The minimum Gasteiger partial charge on any atom is -0.387 e. The third kappa shape index (κ3) is 3.52. The van der Waals surface area contributed by atoms with Gasteiger partial charge in [-0.2, -0.15) is 0 Å². The van der Waals surface area contributed by atoms with Crippen LogP contribution >= 0.6 is 0 Å². The van der Waals surface area contributed by atoms with E-state index in [1.54, 1.807) is 0 Å². The fourth-order valence-corrected chi connectivity index (χ4v) is 1.07. The lowest BCUT2D eigenvalue weighted by Crippen LogP contribution is -2.26. The summed E-state index contributed by atoms with van der Waals surface area (Å²) in [6.07, 6.45) is 0.284. The minimum absolute atomic E-state index is 0.0798. The van der Waals surface area contributed by atoms with Crippen LogP contribution in [0.3, 0.4) is 0 Å².